The van der Waals surface area contributed by atoms with Gasteiger partial charge in [-0.05, 0) is 71.1 Å². The van der Waals surface area contributed by atoms with Crippen LogP contribution >= 0.6 is 0 Å². The van der Waals surface area contributed by atoms with Gasteiger partial charge in [0.2, 0.25) is 0 Å². The van der Waals surface area contributed by atoms with E-state index in [0.717, 1.165) is 5.92 Å². The van der Waals surface area contributed by atoms with Crippen LogP contribution in [0.4, 0.5) is 0 Å². The first-order valence-corrected chi connectivity index (χ1v) is 9.40. The van der Waals surface area contributed by atoms with Gasteiger partial charge < -0.3 is 9.80 Å². The second-order valence-electron chi connectivity index (χ2n) is 8.98. The molecule has 2 fully saturated rings. The highest BCUT2D eigenvalue weighted by atomic mass is 15.3. The summed E-state index contributed by atoms with van der Waals surface area (Å²) in [6.45, 7) is 21.0. The number of rotatable bonds is 5. The summed E-state index contributed by atoms with van der Waals surface area (Å²) in [5.41, 5.74) is 0.777. The lowest BCUT2D eigenvalue weighted by Gasteiger charge is -2.49. The van der Waals surface area contributed by atoms with Crippen LogP contribution in [0.1, 0.15) is 53.9 Å². The zero-order valence-corrected chi connectivity index (χ0v) is 16.0. The summed E-state index contributed by atoms with van der Waals surface area (Å²) in [6, 6.07) is 0. The number of likely N-dealkylation sites (N-methyl/N-ethyl adjacent to an activating group) is 1. The number of piperidine rings is 1. The molecule has 0 spiro atoms. The topological polar surface area (TPSA) is 9.72 Å². The quantitative estimate of drug-likeness (QED) is 0.772. The molecule has 2 heterocycles. The van der Waals surface area contributed by atoms with Gasteiger partial charge in [0.15, 0.2) is 0 Å². The van der Waals surface area contributed by atoms with E-state index in [9.17, 15) is 0 Å². The summed E-state index contributed by atoms with van der Waals surface area (Å²) in [6.07, 6.45) is 4.10. The van der Waals surface area contributed by atoms with Crippen molar-refractivity contribution in [2.24, 2.45) is 11.3 Å². The molecule has 2 rings (SSSR count). The van der Waals surface area contributed by atoms with E-state index in [-0.39, 0.29) is 0 Å². The number of nitrogens with zero attached hydrogens (tertiary/aromatic N) is 3. The lowest BCUT2D eigenvalue weighted by Crippen LogP contribution is -2.55. The van der Waals surface area contributed by atoms with Crippen molar-refractivity contribution in [3.63, 3.8) is 0 Å². The Morgan fingerprint density at radius 2 is 1.41 bits per heavy atom. The average molecular weight is 310 g/mol. The number of hydrogen-bond donors (Lipinski definition) is 0. The molecule has 0 atom stereocenters. The van der Waals surface area contributed by atoms with Gasteiger partial charge in [0.1, 0.15) is 0 Å². The molecule has 22 heavy (non-hydrogen) atoms. The zero-order valence-electron chi connectivity index (χ0n) is 16.0. The highest BCUT2D eigenvalue weighted by Gasteiger charge is 2.39. The maximum atomic E-state index is 2.73. The van der Waals surface area contributed by atoms with Gasteiger partial charge in [0.05, 0.1) is 0 Å². The van der Waals surface area contributed by atoms with Crippen molar-refractivity contribution in [2.75, 3.05) is 52.9 Å². The average Bonchev–Trinajstić information content (AvgIpc) is 2.46. The van der Waals surface area contributed by atoms with Crippen LogP contribution in [0, 0.1) is 11.3 Å². The largest absolute Gasteiger partial charge is 0.304 e. The summed E-state index contributed by atoms with van der Waals surface area (Å²) >= 11 is 0. The summed E-state index contributed by atoms with van der Waals surface area (Å²) in [4.78, 5) is 7.80. The van der Waals surface area contributed by atoms with Gasteiger partial charge >= 0.3 is 0 Å². The van der Waals surface area contributed by atoms with Crippen molar-refractivity contribution < 1.29 is 0 Å². The molecule has 2 saturated heterocycles. The van der Waals surface area contributed by atoms with Gasteiger partial charge in [-0.25, -0.2) is 0 Å². The van der Waals surface area contributed by atoms with E-state index in [1.807, 2.05) is 0 Å². The normalized spacial score (nSPS) is 24.8. The van der Waals surface area contributed by atoms with Crippen LogP contribution in [0.15, 0.2) is 0 Å². The minimum atomic E-state index is 0.326. The molecule has 0 unspecified atom stereocenters. The summed E-state index contributed by atoms with van der Waals surface area (Å²) in [5, 5.41) is 0. The summed E-state index contributed by atoms with van der Waals surface area (Å²) < 4.78 is 0. The molecule has 3 nitrogen and oxygen atoms in total. The van der Waals surface area contributed by atoms with E-state index in [0.29, 0.717) is 11.0 Å². The van der Waals surface area contributed by atoms with E-state index >= 15 is 0 Å². The zero-order chi connectivity index (χ0) is 16.4. The van der Waals surface area contributed by atoms with Crippen LogP contribution in [0.25, 0.3) is 0 Å². The molecular formula is C19H39N3. The SMILES string of the molecule is CCN1CCC(C(C)(C)CC(C)(C)N2CCN(C)CC2)CC1. The van der Waals surface area contributed by atoms with Gasteiger partial charge in [0, 0.05) is 31.7 Å². The first-order chi connectivity index (χ1) is 10.2. The molecular weight excluding hydrogens is 270 g/mol. The first-order valence-electron chi connectivity index (χ1n) is 9.40. The monoisotopic (exact) mass is 309 g/mol. The van der Waals surface area contributed by atoms with Gasteiger partial charge in [-0.15, -0.1) is 0 Å². The van der Waals surface area contributed by atoms with E-state index in [2.05, 4.69) is 56.4 Å². The Labute approximate surface area is 139 Å². The fourth-order valence-corrected chi connectivity index (χ4v) is 4.81. The van der Waals surface area contributed by atoms with Crippen LogP contribution in [0.3, 0.4) is 0 Å². The van der Waals surface area contributed by atoms with Crippen LogP contribution in [0.2, 0.25) is 0 Å². The third kappa shape index (κ3) is 4.46. The van der Waals surface area contributed by atoms with E-state index in [4.69, 9.17) is 0 Å². The Bertz CT molecular complexity index is 335. The highest BCUT2D eigenvalue weighted by Crippen LogP contribution is 2.42. The maximum Gasteiger partial charge on any atom is 0.0159 e. The molecule has 2 aliphatic rings. The summed E-state index contributed by atoms with van der Waals surface area (Å²) in [7, 11) is 2.25. The van der Waals surface area contributed by atoms with Gasteiger partial charge in [-0.2, -0.15) is 0 Å². The molecule has 0 saturated carbocycles. The van der Waals surface area contributed by atoms with E-state index in [1.54, 1.807) is 0 Å². The van der Waals surface area contributed by atoms with Crippen molar-refractivity contribution in [1.82, 2.24) is 14.7 Å². The van der Waals surface area contributed by atoms with Gasteiger partial charge in [0.25, 0.3) is 0 Å². The van der Waals surface area contributed by atoms with Gasteiger partial charge in [-0.1, -0.05) is 20.8 Å². The molecule has 3 heteroatoms. The molecule has 0 aromatic carbocycles. The van der Waals surface area contributed by atoms with Crippen molar-refractivity contribution in [1.29, 1.82) is 0 Å². The fourth-order valence-electron chi connectivity index (χ4n) is 4.81. The Balaban J connectivity index is 1.92. The molecule has 0 aromatic rings. The molecule has 0 aliphatic carbocycles. The number of piperazine rings is 1. The third-order valence-corrected chi connectivity index (χ3v) is 6.39. The smallest absolute Gasteiger partial charge is 0.0159 e. The molecule has 0 aromatic heterocycles. The Morgan fingerprint density at radius 1 is 0.864 bits per heavy atom. The lowest BCUT2D eigenvalue weighted by molar-refractivity contribution is 0.00457. The van der Waals surface area contributed by atoms with E-state index < -0.39 is 0 Å². The Morgan fingerprint density at radius 3 is 1.91 bits per heavy atom. The van der Waals surface area contributed by atoms with Crippen LogP contribution in [-0.2, 0) is 0 Å². The maximum absolute atomic E-state index is 2.73. The third-order valence-electron chi connectivity index (χ3n) is 6.39. The lowest BCUT2D eigenvalue weighted by atomic mass is 9.67. The molecule has 0 radical (unpaired) electrons. The van der Waals surface area contributed by atoms with Crippen LogP contribution in [0.5, 0.6) is 0 Å². The molecule has 0 N–H and O–H groups in total. The van der Waals surface area contributed by atoms with Crippen LogP contribution in [-0.4, -0.2) is 73.1 Å². The minimum absolute atomic E-state index is 0.326. The predicted molar refractivity (Wildman–Crippen MR) is 96.4 cm³/mol. The second kappa shape index (κ2) is 7.19. The van der Waals surface area contributed by atoms with E-state index in [1.165, 1.54) is 65.1 Å². The summed E-state index contributed by atoms with van der Waals surface area (Å²) in [5.74, 6) is 0.891. The standard InChI is InChI=1S/C19H39N3/c1-7-21-10-8-17(9-11-21)18(2,3)16-19(4,5)22-14-12-20(6)13-15-22/h17H,7-16H2,1-6H3. The predicted octanol–water partition coefficient (Wildman–Crippen LogP) is 3.16. The Hall–Kier alpha value is -0.120. The molecule has 0 bridgehead atoms. The van der Waals surface area contributed by atoms with Crippen molar-refractivity contribution in [3.05, 3.63) is 0 Å². The van der Waals surface area contributed by atoms with Crippen molar-refractivity contribution >= 4 is 0 Å². The molecule has 130 valence electrons. The fraction of sp³-hybridized carbons (Fsp3) is 1.00. The molecule has 2 aliphatic heterocycles. The van der Waals surface area contributed by atoms with Crippen LogP contribution < -0.4 is 0 Å². The Kier molecular flexibility index (Phi) is 5.95. The highest BCUT2D eigenvalue weighted by molar-refractivity contribution is 4.93. The van der Waals surface area contributed by atoms with Gasteiger partial charge in [-0.3, -0.25) is 4.90 Å². The van der Waals surface area contributed by atoms with Crippen molar-refractivity contribution in [3.8, 4) is 0 Å². The van der Waals surface area contributed by atoms with Crippen molar-refractivity contribution in [2.45, 2.75) is 59.4 Å². The second-order valence-corrected chi connectivity index (χ2v) is 8.98. The number of hydrogen-bond acceptors (Lipinski definition) is 3. The minimum Gasteiger partial charge on any atom is -0.304 e. The molecule has 0 amide bonds. The first kappa shape index (κ1) is 18.2. The number of likely N-dealkylation sites (tertiary alicyclic amines) is 1.